The van der Waals surface area contributed by atoms with Gasteiger partial charge in [0.1, 0.15) is 23.4 Å². The van der Waals surface area contributed by atoms with Crippen LogP contribution < -0.4 is 9.47 Å². The lowest BCUT2D eigenvalue weighted by Gasteiger charge is -2.26. The first kappa shape index (κ1) is 25.2. The van der Waals surface area contributed by atoms with E-state index >= 15 is 0 Å². The summed E-state index contributed by atoms with van der Waals surface area (Å²) in [5.41, 5.74) is 1.43. The van der Waals surface area contributed by atoms with E-state index < -0.39 is 6.36 Å². The SMILES string of the molecule is CC.Cc1nc(-c2nc(-c3ccc(OC(F)(F)F)cc3)no2)nn1Cc1cccc(OC2COC2)c1. The fourth-order valence-electron chi connectivity index (χ4n) is 3.26. The van der Waals surface area contributed by atoms with E-state index in [-0.39, 0.29) is 29.4 Å². The van der Waals surface area contributed by atoms with Crippen LogP contribution in [0.1, 0.15) is 25.2 Å². The number of benzene rings is 2. The molecule has 9 nitrogen and oxygen atoms in total. The molecule has 1 aliphatic rings. The molecule has 3 heterocycles. The molecule has 0 amide bonds. The number of rotatable bonds is 7. The molecule has 2 aromatic carbocycles. The lowest BCUT2D eigenvalue weighted by atomic mass is 10.2. The number of halogens is 3. The first-order chi connectivity index (χ1) is 17.3. The van der Waals surface area contributed by atoms with Crippen molar-refractivity contribution in [1.82, 2.24) is 24.9 Å². The van der Waals surface area contributed by atoms with Gasteiger partial charge in [-0.1, -0.05) is 31.1 Å². The Morgan fingerprint density at radius 1 is 1.00 bits per heavy atom. The van der Waals surface area contributed by atoms with Crippen molar-refractivity contribution in [2.75, 3.05) is 13.2 Å². The Labute approximate surface area is 204 Å². The molecule has 0 aliphatic carbocycles. The highest BCUT2D eigenvalue weighted by Crippen LogP contribution is 2.26. The first-order valence-electron chi connectivity index (χ1n) is 11.3. The zero-order chi connectivity index (χ0) is 25.7. The highest BCUT2D eigenvalue weighted by molar-refractivity contribution is 5.57. The summed E-state index contributed by atoms with van der Waals surface area (Å²) in [6.45, 7) is 7.44. The smallest absolute Gasteiger partial charge is 0.486 e. The monoisotopic (exact) mass is 503 g/mol. The number of ether oxygens (including phenoxy) is 3. The molecule has 0 saturated carbocycles. The number of nitrogens with zero attached hydrogens (tertiary/aromatic N) is 5. The molecule has 4 aromatic rings. The molecule has 2 aromatic heterocycles. The van der Waals surface area contributed by atoms with Crippen LogP contribution in [0.2, 0.25) is 0 Å². The lowest BCUT2D eigenvalue weighted by molar-refractivity contribution is -0.274. The maximum Gasteiger partial charge on any atom is 0.573 e. The Kier molecular flexibility index (Phi) is 7.53. The van der Waals surface area contributed by atoms with Crippen molar-refractivity contribution >= 4 is 0 Å². The normalized spacial score (nSPS) is 13.5. The first-order valence-corrected chi connectivity index (χ1v) is 11.3. The van der Waals surface area contributed by atoms with E-state index in [0.717, 1.165) is 11.3 Å². The van der Waals surface area contributed by atoms with Gasteiger partial charge in [0.15, 0.2) is 0 Å². The predicted molar refractivity (Wildman–Crippen MR) is 122 cm³/mol. The molecule has 1 saturated heterocycles. The van der Waals surface area contributed by atoms with Crippen LogP contribution in [0.3, 0.4) is 0 Å². The van der Waals surface area contributed by atoms with Gasteiger partial charge in [-0.3, -0.25) is 0 Å². The lowest BCUT2D eigenvalue weighted by Crippen LogP contribution is -2.38. The maximum atomic E-state index is 12.3. The van der Waals surface area contributed by atoms with Crippen LogP contribution in [-0.4, -0.2) is 50.6 Å². The Bertz CT molecular complexity index is 1280. The summed E-state index contributed by atoms with van der Waals surface area (Å²) in [6.07, 6.45) is -4.68. The summed E-state index contributed by atoms with van der Waals surface area (Å²) in [4.78, 5) is 8.66. The van der Waals surface area contributed by atoms with E-state index in [0.29, 0.717) is 31.1 Å². The van der Waals surface area contributed by atoms with E-state index in [1.165, 1.54) is 24.3 Å². The summed E-state index contributed by atoms with van der Waals surface area (Å²) in [5, 5.41) is 8.34. The molecule has 0 bridgehead atoms. The molecule has 0 radical (unpaired) electrons. The Morgan fingerprint density at radius 3 is 2.42 bits per heavy atom. The van der Waals surface area contributed by atoms with Crippen LogP contribution in [0.25, 0.3) is 23.1 Å². The quantitative estimate of drug-likeness (QED) is 0.346. The van der Waals surface area contributed by atoms with Crippen molar-refractivity contribution in [3.63, 3.8) is 0 Å². The average Bonchev–Trinajstić information content (AvgIpc) is 3.45. The second-order valence-corrected chi connectivity index (χ2v) is 7.56. The van der Waals surface area contributed by atoms with Gasteiger partial charge < -0.3 is 18.7 Å². The largest absolute Gasteiger partial charge is 0.573 e. The zero-order valence-corrected chi connectivity index (χ0v) is 19.8. The molecular weight excluding hydrogens is 479 g/mol. The highest BCUT2D eigenvalue weighted by Gasteiger charge is 2.31. The number of aryl methyl sites for hydroxylation is 1. The van der Waals surface area contributed by atoms with E-state index in [4.69, 9.17) is 14.0 Å². The topological polar surface area (TPSA) is 97.3 Å². The zero-order valence-electron chi connectivity index (χ0n) is 19.8. The van der Waals surface area contributed by atoms with Crippen molar-refractivity contribution in [3.05, 3.63) is 59.9 Å². The fraction of sp³-hybridized carbons (Fsp3) is 0.333. The molecule has 0 N–H and O–H groups in total. The number of aromatic nitrogens is 5. The molecule has 0 spiro atoms. The van der Waals surface area contributed by atoms with Gasteiger partial charge in [-0.25, -0.2) is 9.67 Å². The minimum absolute atomic E-state index is 0.0787. The van der Waals surface area contributed by atoms with Gasteiger partial charge in [0.2, 0.25) is 11.6 Å². The second-order valence-electron chi connectivity index (χ2n) is 7.56. The van der Waals surface area contributed by atoms with Crippen LogP contribution in [0.4, 0.5) is 13.2 Å². The number of hydrogen-bond acceptors (Lipinski definition) is 8. The molecule has 190 valence electrons. The predicted octanol–water partition coefficient (Wildman–Crippen LogP) is 5.05. The van der Waals surface area contributed by atoms with Crippen molar-refractivity contribution in [2.24, 2.45) is 0 Å². The summed E-state index contributed by atoms with van der Waals surface area (Å²) < 4.78 is 58.8. The van der Waals surface area contributed by atoms with Crippen LogP contribution in [0, 0.1) is 6.92 Å². The van der Waals surface area contributed by atoms with Crippen LogP contribution >= 0.6 is 0 Å². The summed E-state index contributed by atoms with van der Waals surface area (Å²) in [5.74, 6) is 1.58. The summed E-state index contributed by atoms with van der Waals surface area (Å²) in [6, 6.07) is 12.8. The number of alkyl halides is 3. The third-order valence-electron chi connectivity index (χ3n) is 4.96. The molecule has 1 aliphatic heterocycles. The molecular formula is C24H24F3N5O4. The molecule has 0 atom stereocenters. The highest BCUT2D eigenvalue weighted by atomic mass is 19.4. The van der Waals surface area contributed by atoms with Gasteiger partial charge in [0.25, 0.3) is 5.89 Å². The van der Waals surface area contributed by atoms with Gasteiger partial charge in [-0.15, -0.1) is 18.3 Å². The molecule has 5 rings (SSSR count). The van der Waals surface area contributed by atoms with Gasteiger partial charge in [0, 0.05) is 5.56 Å². The van der Waals surface area contributed by atoms with Crippen molar-refractivity contribution in [1.29, 1.82) is 0 Å². The van der Waals surface area contributed by atoms with Gasteiger partial charge >= 0.3 is 6.36 Å². The Balaban J connectivity index is 0.00000148. The van der Waals surface area contributed by atoms with Crippen molar-refractivity contribution in [2.45, 2.75) is 39.8 Å². The van der Waals surface area contributed by atoms with Gasteiger partial charge in [0.05, 0.1) is 19.8 Å². The summed E-state index contributed by atoms with van der Waals surface area (Å²) >= 11 is 0. The van der Waals surface area contributed by atoms with E-state index in [9.17, 15) is 13.2 Å². The third-order valence-corrected chi connectivity index (χ3v) is 4.96. The fourth-order valence-corrected chi connectivity index (χ4v) is 3.26. The molecule has 0 unspecified atom stereocenters. The third kappa shape index (κ3) is 6.19. The Morgan fingerprint density at radius 2 is 1.75 bits per heavy atom. The van der Waals surface area contributed by atoms with Crippen molar-refractivity contribution < 1.29 is 31.9 Å². The average molecular weight is 503 g/mol. The summed E-state index contributed by atoms with van der Waals surface area (Å²) in [7, 11) is 0. The van der Waals surface area contributed by atoms with Crippen LogP contribution in [0.5, 0.6) is 11.5 Å². The van der Waals surface area contributed by atoms with Gasteiger partial charge in [-0.05, 0) is 48.9 Å². The van der Waals surface area contributed by atoms with Crippen LogP contribution in [0.15, 0.2) is 53.1 Å². The Hall–Kier alpha value is -3.93. The van der Waals surface area contributed by atoms with E-state index in [1.807, 2.05) is 38.1 Å². The van der Waals surface area contributed by atoms with Crippen molar-refractivity contribution in [3.8, 4) is 34.6 Å². The number of hydrogen-bond donors (Lipinski definition) is 0. The standard InChI is InChI=1S/C22H18F3N5O4.C2H6/c1-13-26-20(28-30(13)10-14-3-2-4-17(9-14)32-18-11-31-12-18)21-27-19(29-34-21)15-5-7-16(8-6-15)33-22(23,24)25;1-2/h2-9,18H,10-12H2,1H3;1-2H3. The molecule has 12 heteroatoms. The van der Waals surface area contributed by atoms with E-state index in [2.05, 4.69) is 25.0 Å². The molecule has 36 heavy (non-hydrogen) atoms. The van der Waals surface area contributed by atoms with E-state index in [1.54, 1.807) is 11.6 Å². The van der Waals surface area contributed by atoms with Gasteiger partial charge in [-0.2, -0.15) is 4.98 Å². The minimum Gasteiger partial charge on any atom is -0.486 e. The maximum absolute atomic E-state index is 12.3. The minimum atomic E-state index is -4.76. The van der Waals surface area contributed by atoms with Crippen LogP contribution in [-0.2, 0) is 11.3 Å². The second kappa shape index (κ2) is 10.8. The molecule has 1 fully saturated rings.